The fourth-order valence-electron chi connectivity index (χ4n) is 2.04. The van der Waals surface area contributed by atoms with Crippen LogP contribution in [0.15, 0.2) is 42.5 Å². The SMILES string of the molecule is COc1cc(/C=C(/C#N)c2cccc(F)c2)ccc1OCC(N)=O. The highest BCUT2D eigenvalue weighted by Gasteiger charge is 2.08. The molecule has 0 unspecified atom stereocenters. The van der Waals surface area contributed by atoms with Crippen molar-refractivity contribution in [1.29, 1.82) is 5.26 Å². The topological polar surface area (TPSA) is 85.3 Å². The largest absolute Gasteiger partial charge is 0.493 e. The number of carbonyl (C=O) groups is 1. The van der Waals surface area contributed by atoms with E-state index in [0.29, 0.717) is 28.2 Å². The number of methoxy groups -OCH3 is 1. The Bertz CT molecular complexity index is 825. The number of benzene rings is 2. The third-order valence-corrected chi connectivity index (χ3v) is 3.12. The van der Waals surface area contributed by atoms with Gasteiger partial charge in [-0.15, -0.1) is 0 Å². The third-order valence-electron chi connectivity index (χ3n) is 3.12. The Hall–Kier alpha value is -3.33. The van der Waals surface area contributed by atoms with Crippen LogP contribution in [-0.2, 0) is 4.79 Å². The Balaban J connectivity index is 2.34. The molecule has 0 saturated heterocycles. The van der Waals surface area contributed by atoms with E-state index in [0.717, 1.165) is 0 Å². The van der Waals surface area contributed by atoms with E-state index in [-0.39, 0.29) is 6.61 Å². The van der Waals surface area contributed by atoms with Crippen LogP contribution in [0.1, 0.15) is 11.1 Å². The summed E-state index contributed by atoms with van der Waals surface area (Å²) in [7, 11) is 1.46. The van der Waals surface area contributed by atoms with Gasteiger partial charge in [-0.3, -0.25) is 4.79 Å². The number of nitrogens with zero attached hydrogens (tertiary/aromatic N) is 1. The van der Waals surface area contributed by atoms with Crippen molar-refractivity contribution in [3.63, 3.8) is 0 Å². The molecule has 0 aliphatic heterocycles. The average molecular weight is 326 g/mol. The van der Waals surface area contributed by atoms with Crippen molar-refractivity contribution in [2.45, 2.75) is 0 Å². The maximum Gasteiger partial charge on any atom is 0.255 e. The van der Waals surface area contributed by atoms with Gasteiger partial charge in [0.25, 0.3) is 5.91 Å². The Morgan fingerprint density at radius 3 is 2.71 bits per heavy atom. The number of nitrogens with two attached hydrogens (primary N) is 1. The number of hydrogen-bond donors (Lipinski definition) is 1. The van der Waals surface area contributed by atoms with Gasteiger partial charge < -0.3 is 15.2 Å². The molecule has 2 N–H and O–H groups in total. The molecule has 6 heteroatoms. The van der Waals surface area contributed by atoms with Gasteiger partial charge in [0.15, 0.2) is 18.1 Å². The maximum atomic E-state index is 13.3. The van der Waals surface area contributed by atoms with E-state index in [1.807, 2.05) is 6.07 Å². The van der Waals surface area contributed by atoms with Crippen molar-refractivity contribution < 1.29 is 18.7 Å². The minimum Gasteiger partial charge on any atom is -0.493 e. The normalized spacial score (nSPS) is 10.8. The second-order valence-electron chi connectivity index (χ2n) is 4.85. The van der Waals surface area contributed by atoms with Gasteiger partial charge in [-0.2, -0.15) is 5.26 Å². The van der Waals surface area contributed by atoms with Gasteiger partial charge in [-0.25, -0.2) is 4.39 Å². The number of carbonyl (C=O) groups excluding carboxylic acids is 1. The van der Waals surface area contributed by atoms with E-state index >= 15 is 0 Å². The van der Waals surface area contributed by atoms with Gasteiger partial charge in [-0.05, 0) is 41.5 Å². The number of hydrogen-bond acceptors (Lipinski definition) is 4. The Morgan fingerprint density at radius 1 is 1.29 bits per heavy atom. The summed E-state index contributed by atoms with van der Waals surface area (Å²) in [6, 6.07) is 12.8. The molecule has 24 heavy (non-hydrogen) atoms. The lowest BCUT2D eigenvalue weighted by Gasteiger charge is -2.10. The molecule has 0 spiro atoms. The lowest BCUT2D eigenvalue weighted by molar-refractivity contribution is -0.119. The molecule has 0 heterocycles. The predicted molar refractivity (Wildman–Crippen MR) is 87.6 cm³/mol. The number of amides is 1. The Morgan fingerprint density at radius 2 is 2.08 bits per heavy atom. The molecule has 2 aromatic rings. The van der Waals surface area contributed by atoms with Crippen molar-refractivity contribution in [3.05, 3.63) is 59.4 Å². The van der Waals surface area contributed by atoms with E-state index in [2.05, 4.69) is 0 Å². The zero-order valence-electron chi connectivity index (χ0n) is 13.0. The Kier molecular flexibility index (Phi) is 5.53. The molecule has 1 amide bonds. The van der Waals surface area contributed by atoms with Crippen LogP contribution in [0.5, 0.6) is 11.5 Å². The predicted octanol–water partition coefficient (Wildman–Crippen LogP) is 2.76. The van der Waals surface area contributed by atoms with E-state index in [4.69, 9.17) is 15.2 Å². The highest BCUT2D eigenvalue weighted by Crippen LogP contribution is 2.29. The van der Waals surface area contributed by atoms with Crippen LogP contribution in [0.25, 0.3) is 11.6 Å². The summed E-state index contributed by atoms with van der Waals surface area (Å²) in [4.78, 5) is 10.8. The zero-order chi connectivity index (χ0) is 17.5. The molecule has 0 aliphatic carbocycles. The highest BCUT2D eigenvalue weighted by molar-refractivity contribution is 5.89. The number of halogens is 1. The van der Waals surface area contributed by atoms with Gasteiger partial charge >= 0.3 is 0 Å². The lowest BCUT2D eigenvalue weighted by atomic mass is 10.0. The van der Waals surface area contributed by atoms with Crippen LogP contribution in [0.4, 0.5) is 4.39 Å². The number of primary amides is 1. The van der Waals surface area contributed by atoms with Crippen LogP contribution >= 0.6 is 0 Å². The summed E-state index contributed by atoms with van der Waals surface area (Å²) in [5.74, 6) is -0.264. The smallest absolute Gasteiger partial charge is 0.255 e. The zero-order valence-corrected chi connectivity index (χ0v) is 13.0. The first-order chi connectivity index (χ1) is 11.5. The molecule has 2 rings (SSSR count). The number of rotatable bonds is 6. The van der Waals surface area contributed by atoms with Crippen molar-refractivity contribution >= 4 is 17.6 Å². The molecule has 0 aliphatic rings. The first-order valence-electron chi connectivity index (χ1n) is 7.00. The van der Waals surface area contributed by atoms with Crippen LogP contribution in [-0.4, -0.2) is 19.6 Å². The first kappa shape index (κ1) is 17.0. The standard InChI is InChI=1S/C18H15FN2O3/c1-23-17-8-12(5-6-16(17)24-11-18(21)22)7-14(10-20)13-3-2-4-15(19)9-13/h2-9H,11H2,1H3,(H2,21,22)/b14-7-. The number of nitriles is 1. The minimum absolute atomic E-state index is 0.266. The molecule has 0 saturated carbocycles. The van der Waals surface area contributed by atoms with E-state index in [1.165, 1.54) is 25.3 Å². The molecule has 0 radical (unpaired) electrons. The molecule has 2 aromatic carbocycles. The summed E-state index contributed by atoms with van der Waals surface area (Å²) < 4.78 is 23.8. The summed E-state index contributed by atoms with van der Waals surface area (Å²) in [6.07, 6.45) is 1.61. The van der Waals surface area contributed by atoms with Gasteiger partial charge in [0, 0.05) is 0 Å². The van der Waals surface area contributed by atoms with Crippen LogP contribution in [0.3, 0.4) is 0 Å². The van der Waals surface area contributed by atoms with Gasteiger partial charge in [0.2, 0.25) is 0 Å². The van der Waals surface area contributed by atoms with Crippen molar-refractivity contribution in [2.75, 3.05) is 13.7 Å². The number of ether oxygens (including phenoxy) is 2. The minimum atomic E-state index is -0.598. The summed E-state index contributed by atoms with van der Waals surface area (Å²) in [5, 5.41) is 9.31. The molecular formula is C18H15FN2O3. The molecule has 122 valence electrons. The van der Waals surface area contributed by atoms with Crippen LogP contribution < -0.4 is 15.2 Å². The summed E-state index contributed by atoms with van der Waals surface area (Å²) in [6.45, 7) is -0.266. The highest BCUT2D eigenvalue weighted by atomic mass is 19.1. The lowest BCUT2D eigenvalue weighted by Crippen LogP contribution is -2.20. The Labute approximate surface area is 138 Å². The van der Waals surface area contributed by atoms with Crippen molar-refractivity contribution in [3.8, 4) is 17.6 Å². The van der Waals surface area contributed by atoms with Crippen molar-refractivity contribution in [2.24, 2.45) is 5.73 Å². The van der Waals surface area contributed by atoms with E-state index < -0.39 is 11.7 Å². The molecule has 0 aromatic heterocycles. The monoisotopic (exact) mass is 326 g/mol. The van der Waals surface area contributed by atoms with Gasteiger partial charge in [0.1, 0.15) is 5.82 Å². The summed E-state index contributed by atoms with van der Waals surface area (Å²) in [5.41, 5.74) is 6.49. The summed E-state index contributed by atoms with van der Waals surface area (Å²) >= 11 is 0. The average Bonchev–Trinajstić information content (AvgIpc) is 2.58. The van der Waals surface area contributed by atoms with Gasteiger partial charge in [-0.1, -0.05) is 18.2 Å². The molecule has 0 atom stereocenters. The van der Waals surface area contributed by atoms with E-state index in [9.17, 15) is 14.4 Å². The number of allylic oxidation sites excluding steroid dienone is 1. The molecule has 5 nitrogen and oxygen atoms in total. The van der Waals surface area contributed by atoms with Gasteiger partial charge in [0.05, 0.1) is 18.8 Å². The van der Waals surface area contributed by atoms with Crippen molar-refractivity contribution in [1.82, 2.24) is 0 Å². The molecular weight excluding hydrogens is 311 g/mol. The fraction of sp³-hybridized carbons (Fsp3) is 0.111. The fourth-order valence-corrected chi connectivity index (χ4v) is 2.04. The first-order valence-corrected chi connectivity index (χ1v) is 7.00. The second-order valence-corrected chi connectivity index (χ2v) is 4.85. The van der Waals surface area contributed by atoms with Crippen LogP contribution in [0, 0.1) is 17.1 Å². The molecule has 0 fully saturated rings. The maximum absolute atomic E-state index is 13.3. The van der Waals surface area contributed by atoms with E-state index in [1.54, 1.807) is 30.3 Å². The second kappa shape index (κ2) is 7.79. The van der Waals surface area contributed by atoms with Crippen LogP contribution in [0.2, 0.25) is 0 Å². The quantitative estimate of drug-likeness (QED) is 0.653. The molecule has 0 bridgehead atoms. The third kappa shape index (κ3) is 4.34.